The molecular weight excluding hydrogens is 301 g/mol. The number of epoxide rings is 1. The summed E-state index contributed by atoms with van der Waals surface area (Å²) < 4.78 is 11.4. The van der Waals surface area contributed by atoms with Gasteiger partial charge < -0.3 is 14.6 Å². The molecule has 3 heterocycles. The number of esters is 1. The molecule has 0 saturated carbocycles. The number of hydrogen-bond donors (Lipinski definition) is 1. The molecule has 3 fully saturated rings. The summed E-state index contributed by atoms with van der Waals surface area (Å²) in [5.74, 6) is -0.915. The highest BCUT2D eigenvalue weighted by molar-refractivity contribution is 5.78. The van der Waals surface area contributed by atoms with Crippen LogP contribution in [0.5, 0.6) is 0 Å². The number of aliphatic hydroxyl groups excluding tert-OH is 1. The SMILES string of the molecule is CN1[C@@H]2CC(OC(=O)[C@H](CO)c3ccccc3)C[C@H]1[C@@H]1O[C@@H]12.F. The van der Waals surface area contributed by atoms with Gasteiger partial charge in [-0.05, 0) is 12.6 Å². The lowest BCUT2D eigenvalue weighted by Gasteiger charge is -2.38. The van der Waals surface area contributed by atoms with Crippen molar-refractivity contribution in [1.82, 2.24) is 4.90 Å². The van der Waals surface area contributed by atoms with E-state index in [1.54, 1.807) is 0 Å². The fourth-order valence-corrected chi connectivity index (χ4v) is 4.04. The van der Waals surface area contributed by atoms with Crippen LogP contribution in [0.4, 0.5) is 4.70 Å². The molecule has 126 valence electrons. The van der Waals surface area contributed by atoms with Gasteiger partial charge in [0.05, 0.1) is 6.61 Å². The standard InChI is InChI=1S/C17H21NO4.FH/c1-18-13-7-11(8-14(18)16-15(13)22-16)21-17(20)12(9-19)10-5-3-2-4-6-10;/h2-6,11-16,19H,7-9H2,1H3;1H/t11?,12-,13-,14+,15-,16+;/m1./s1. The van der Waals surface area contributed by atoms with Crippen molar-refractivity contribution in [3.63, 3.8) is 0 Å². The number of rotatable bonds is 4. The summed E-state index contributed by atoms with van der Waals surface area (Å²) in [6.45, 7) is -0.226. The third-order valence-corrected chi connectivity index (χ3v) is 5.33. The predicted octanol–water partition coefficient (Wildman–Crippen LogP) is 1.07. The van der Waals surface area contributed by atoms with Crippen LogP contribution >= 0.6 is 0 Å². The molecule has 3 saturated heterocycles. The number of nitrogens with zero attached hydrogens (tertiary/aromatic N) is 1. The van der Waals surface area contributed by atoms with E-state index in [0.717, 1.165) is 18.4 Å². The normalized spacial score (nSPS) is 35.8. The first kappa shape index (κ1) is 16.4. The number of fused-ring (bicyclic) bond motifs is 5. The minimum absolute atomic E-state index is 0. The summed E-state index contributed by atoms with van der Waals surface area (Å²) >= 11 is 0. The van der Waals surface area contributed by atoms with Crippen molar-refractivity contribution in [3.05, 3.63) is 35.9 Å². The molecule has 3 aliphatic heterocycles. The van der Waals surface area contributed by atoms with E-state index >= 15 is 0 Å². The lowest BCUT2D eigenvalue weighted by Crippen LogP contribution is -2.48. The van der Waals surface area contributed by atoms with E-state index in [-0.39, 0.29) is 23.4 Å². The molecule has 2 bridgehead atoms. The second-order valence-electron chi connectivity index (χ2n) is 6.54. The predicted molar refractivity (Wildman–Crippen MR) is 81.9 cm³/mol. The summed E-state index contributed by atoms with van der Waals surface area (Å²) in [6, 6.07) is 10.1. The van der Waals surface area contributed by atoms with Crippen molar-refractivity contribution in [3.8, 4) is 0 Å². The van der Waals surface area contributed by atoms with Gasteiger partial charge in [0.25, 0.3) is 0 Å². The number of aliphatic hydroxyl groups is 1. The van der Waals surface area contributed by atoms with E-state index in [0.29, 0.717) is 24.3 Å². The molecule has 1 N–H and O–H groups in total. The zero-order valence-corrected chi connectivity index (χ0v) is 13.0. The quantitative estimate of drug-likeness (QED) is 0.663. The number of likely N-dealkylation sites (N-methyl/N-ethyl adjacent to an activating group) is 1. The Bertz CT molecular complexity index is 551. The van der Waals surface area contributed by atoms with Crippen molar-refractivity contribution in [2.75, 3.05) is 13.7 Å². The zero-order valence-electron chi connectivity index (χ0n) is 13.0. The molecule has 0 aliphatic carbocycles. The summed E-state index contributed by atoms with van der Waals surface area (Å²) in [5.41, 5.74) is 0.803. The molecule has 4 rings (SSSR count). The second kappa shape index (κ2) is 6.19. The number of piperidine rings is 1. The average molecular weight is 323 g/mol. The number of benzene rings is 1. The van der Waals surface area contributed by atoms with Gasteiger partial charge in [-0.2, -0.15) is 0 Å². The number of carbonyl (C=O) groups excluding carboxylic acids is 1. The maximum atomic E-state index is 12.4. The van der Waals surface area contributed by atoms with Crippen LogP contribution in [0, 0.1) is 0 Å². The maximum absolute atomic E-state index is 12.4. The number of hydrogen-bond acceptors (Lipinski definition) is 5. The Morgan fingerprint density at radius 2 is 1.91 bits per heavy atom. The molecule has 5 nitrogen and oxygen atoms in total. The van der Waals surface area contributed by atoms with E-state index in [1.807, 2.05) is 30.3 Å². The Balaban J connectivity index is 0.00000156. The highest BCUT2D eigenvalue weighted by atomic mass is 19.0. The van der Waals surface area contributed by atoms with Crippen LogP contribution in [0.3, 0.4) is 0 Å². The Kier molecular flexibility index (Phi) is 4.40. The minimum Gasteiger partial charge on any atom is -0.462 e. The van der Waals surface area contributed by atoms with Crippen molar-refractivity contribution in [2.45, 2.75) is 49.2 Å². The first-order valence-electron chi connectivity index (χ1n) is 7.92. The number of morpholine rings is 1. The summed E-state index contributed by atoms with van der Waals surface area (Å²) in [6.07, 6.45) is 2.26. The van der Waals surface area contributed by atoms with Crippen molar-refractivity contribution < 1.29 is 24.1 Å². The molecular formula is C17H22FNO4. The third kappa shape index (κ3) is 2.75. The largest absolute Gasteiger partial charge is 0.462 e. The highest BCUT2D eigenvalue weighted by Gasteiger charge is 2.62. The smallest absolute Gasteiger partial charge is 0.316 e. The van der Waals surface area contributed by atoms with E-state index in [1.165, 1.54) is 0 Å². The number of halogens is 1. The van der Waals surface area contributed by atoms with Crippen LogP contribution in [-0.2, 0) is 14.3 Å². The topological polar surface area (TPSA) is 62.3 Å². The molecule has 0 aromatic heterocycles. The molecule has 0 spiro atoms. The van der Waals surface area contributed by atoms with Crippen LogP contribution < -0.4 is 0 Å². The van der Waals surface area contributed by atoms with E-state index < -0.39 is 5.92 Å². The number of ether oxygens (including phenoxy) is 2. The van der Waals surface area contributed by atoms with Gasteiger partial charge in [-0.15, -0.1) is 0 Å². The van der Waals surface area contributed by atoms with E-state index in [9.17, 15) is 9.90 Å². The van der Waals surface area contributed by atoms with Gasteiger partial charge in [0.15, 0.2) is 0 Å². The van der Waals surface area contributed by atoms with Gasteiger partial charge in [0.2, 0.25) is 0 Å². The fraction of sp³-hybridized carbons (Fsp3) is 0.588. The van der Waals surface area contributed by atoms with Gasteiger partial charge in [-0.1, -0.05) is 30.3 Å². The Labute approximate surface area is 134 Å². The molecule has 1 unspecified atom stereocenters. The summed E-state index contributed by atoms with van der Waals surface area (Å²) in [7, 11) is 2.13. The number of carbonyl (C=O) groups is 1. The van der Waals surface area contributed by atoms with Crippen LogP contribution in [0.15, 0.2) is 30.3 Å². The highest BCUT2D eigenvalue weighted by Crippen LogP contribution is 2.48. The first-order valence-corrected chi connectivity index (χ1v) is 7.92. The van der Waals surface area contributed by atoms with Crippen LogP contribution in [0.2, 0.25) is 0 Å². The van der Waals surface area contributed by atoms with Gasteiger partial charge in [-0.25, -0.2) is 0 Å². The Morgan fingerprint density at radius 3 is 2.48 bits per heavy atom. The van der Waals surface area contributed by atoms with E-state index in [4.69, 9.17) is 9.47 Å². The molecule has 3 aliphatic rings. The van der Waals surface area contributed by atoms with Crippen molar-refractivity contribution in [2.24, 2.45) is 0 Å². The monoisotopic (exact) mass is 323 g/mol. The van der Waals surface area contributed by atoms with Gasteiger partial charge in [-0.3, -0.25) is 14.4 Å². The Hall–Kier alpha value is -1.50. The van der Waals surface area contributed by atoms with E-state index in [2.05, 4.69) is 11.9 Å². The maximum Gasteiger partial charge on any atom is 0.316 e. The lowest BCUT2D eigenvalue weighted by atomic mass is 9.97. The average Bonchev–Trinajstić information content (AvgIpc) is 3.27. The van der Waals surface area contributed by atoms with Gasteiger partial charge >= 0.3 is 5.97 Å². The minimum atomic E-state index is -0.593. The second-order valence-corrected chi connectivity index (χ2v) is 6.54. The zero-order chi connectivity index (χ0) is 15.3. The van der Waals surface area contributed by atoms with Crippen molar-refractivity contribution in [1.29, 1.82) is 0 Å². The molecule has 1 aromatic carbocycles. The third-order valence-electron chi connectivity index (χ3n) is 5.33. The fourth-order valence-electron chi connectivity index (χ4n) is 4.04. The Morgan fingerprint density at radius 1 is 1.30 bits per heavy atom. The van der Waals surface area contributed by atoms with Gasteiger partial charge in [0.1, 0.15) is 24.2 Å². The molecule has 23 heavy (non-hydrogen) atoms. The first-order chi connectivity index (χ1) is 10.7. The summed E-state index contributed by atoms with van der Waals surface area (Å²) in [5, 5.41) is 9.56. The molecule has 0 amide bonds. The van der Waals surface area contributed by atoms with Crippen LogP contribution in [-0.4, -0.2) is 60.0 Å². The molecule has 1 aromatic rings. The van der Waals surface area contributed by atoms with Crippen LogP contribution in [0.25, 0.3) is 0 Å². The van der Waals surface area contributed by atoms with Gasteiger partial charge in [0, 0.05) is 24.9 Å². The van der Waals surface area contributed by atoms with Crippen LogP contribution in [0.1, 0.15) is 24.3 Å². The molecule has 6 heteroatoms. The summed E-state index contributed by atoms with van der Waals surface area (Å²) in [4.78, 5) is 14.8. The molecule has 6 atom stereocenters. The molecule has 0 radical (unpaired) electrons. The van der Waals surface area contributed by atoms with Crippen molar-refractivity contribution >= 4 is 5.97 Å². The lowest BCUT2D eigenvalue weighted by molar-refractivity contribution is -0.156.